The quantitative estimate of drug-likeness (QED) is 0.827. The van der Waals surface area contributed by atoms with E-state index in [4.69, 9.17) is 4.74 Å². The molecule has 1 aliphatic carbocycles. The Balaban J connectivity index is 1.57. The second kappa shape index (κ2) is 7.29. The molecule has 1 heterocycles. The first kappa shape index (κ1) is 16.2. The van der Waals surface area contributed by atoms with Crippen molar-refractivity contribution in [3.63, 3.8) is 0 Å². The van der Waals surface area contributed by atoms with E-state index in [-0.39, 0.29) is 18.3 Å². The number of nitrogens with one attached hydrogen (secondary N) is 1. The number of ketones is 1. The molecule has 1 saturated carbocycles. The van der Waals surface area contributed by atoms with Gasteiger partial charge in [-0.15, -0.1) is 0 Å². The number of hydrogen-bond acceptors (Lipinski definition) is 4. The summed E-state index contributed by atoms with van der Waals surface area (Å²) in [7, 11) is 0. The van der Waals surface area contributed by atoms with E-state index in [2.05, 4.69) is 10.4 Å². The van der Waals surface area contributed by atoms with E-state index in [0.717, 1.165) is 12.8 Å². The molecule has 3 rings (SSSR count). The lowest BCUT2D eigenvalue weighted by molar-refractivity contribution is -0.118. The number of nitrogens with zero attached hydrogens (tertiary/aromatic N) is 2. The largest absolute Gasteiger partial charge is 0.484 e. The first-order valence-corrected chi connectivity index (χ1v) is 8.20. The van der Waals surface area contributed by atoms with Gasteiger partial charge in [-0.3, -0.25) is 9.59 Å². The van der Waals surface area contributed by atoms with E-state index in [1.165, 1.54) is 19.8 Å². The van der Waals surface area contributed by atoms with E-state index >= 15 is 0 Å². The second-order valence-corrected chi connectivity index (χ2v) is 6.02. The van der Waals surface area contributed by atoms with E-state index < -0.39 is 0 Å². The summed E-state index contributed by atoms with van der Waals surface area (Å²) in [5, 5.41) is 7.17. The number of ether oxygens (including phenoxy) is 1. The molecule has 0 bridgehead atoms. The number of hydrogen-bond donors (Lipinski definition) is 1. The highest BCUT2D eigenvalue weighted by Gasteiger charge is 2.20. The minimum atomic E-state index is -0.247. The summed E-state index contributed by atoms with van der Waals surface area (Å²) >= 11 is 0. The summed E-state index contributed by atoms with van der Waals surface area (Å²) in [6.07, 6.45) is 6.30. The van der Waals surface area contributed by atoms with Crippen LogP contribution in [0.15, 0.2) is 36.5 Å². The fourth-order valence-corrected chi connectivity index (χ4v) is 2.99. The van der Waals surface area contributed by atoms with Crippen LogP contribution in [0.4, 0.5) is 5.82 Å². The summed E-state index contributed by atoms with van der Waals surface area (Å²) in [4.78, 5) is 23.5. The molecule has 0 atom stereocenters. The molecule has 24 heavy (non-hydrogen) atoms. The van der Waals surface area contributed by atoms with Gasteiger partial charge in [-0.25, -0.2) is 4.68 Å². The van der Waals surface area contributed by atoms with Crippen molar-refractivity contribution in [2.75, 3.05) is 11.9 Å². The number of Topliss-reactive ketones (excluding diaryl/α,β-unsaturated/α-hetero) is 1. The predicted molar refractivity (Wildman–Crippen MR) is 90.3 cm³/mol. The number of rotatable bonds is 6. The summed E-state index contributed by atoms with van der Waals surface area (Å²) in [5.41, 5.74) is 0.562. The zero-order valence-corrected chi connectivity index (χ0v) is 13.7. The number of anilines is 1. The number of benzene rings is 1. The molecular formula is C18H21N3O3. The molecule has 0 aliphatic heterocycles. The molecule has 1 aromatic heterocycles. The maximum Gasteiger partial charge on any atom is 0.263 e. The zero-order chi connectivity index (χ0) is 16.9. The predicted octanol–water partition coefficient (Wildman–Crippen LogP) is 3.22. The molecular weight excluding hydrogens is 306 g/mol. The lowest BCUT2D eigenvalue weighted by Gasteiger charge is -2.14. The average molecular weight is 327 g/mol. The van der Waals surface area contributed by atoms with Gasteiger partial charge >= 0.3 is 0 Å². The number of aromatic nitrogens is 2. The minimum Gasteiger partial charge on any atom is -0.484 e. The maximum atomic E-state index is 12.1. The summed E-state index contributed by atoms with van der Waals surface area (Å²) in [6.45, 7) is 1.38. The third kappa shape index (κ3) is 3.82. The first-order valence-electron chi connectivity index (χ1n) is 8.20. The molecule has 126 valence electrons. The van der Waals surface area contributed by atoms with Crippen LogP contribution in [-0.2, 0) is 4.79 Å². The molecule has 6 heteroatoms. The van der Waals surface area contributed by atoms with Crippen LogP contribution in [0.3, 0.4) is 0 Å². The standard InChI is InChI=1S/C18H21N3O3/c1-13(22)14-5-4-8-16(11-14)24-12-18(23)20-17-9-10-19-21(17)15-6-2-3-7-15/h4-5,8-11,15H,2-3,6-7,12H2,1H3,(H,20,23). The topological polar surface area (TPSA) is 73.2 Å². The highest BCUT2D eigenvalue weighted by atomic mass is 16.5. The molecule has 6 nitrogen and oxygen atoms in total. The van der Waals surface area contributed by atoms with Crippen molar-refractivity contribution in [1.29, 1.82) is 0 Å². The molecule has 2 aromatic rings. The Bertz CT molecular complexity index is 733. The molecule has 0 spiro atoms. The van der Waals surface area contributed by atoms with Crippen LogP contribution in [-0.4, -0.2) is 28.1 Å². The molecule has 1 amide bonds. The summed E-state index contributed by atoms with van der Waals surface area (Å²) in [6, 6.07) is 8.98. The Morgan fingerprint density at radius 1 is 1.29 bits per heavy atom. The van der Waals surface area contributed by atoms with Crippen LogP contribution in [0, 0.1) is 0 Å². The highest BCUT2D eigenvalue weighted by Crippen LogP contribution is 2.31. The fraction of sp³-hybridized carbons (Fsp3) is 0.389. The third-order valence-electron chi connectivity index (χ3n) is 4.22. The smallest absolute Gasteiger partial charge is 0.263 e. The Kier molecular flexibility index (Phi) is 4.93. The molecule has 1 N–H and O–H groups in total. The van der Waals surface area contributed by atoms with Crippen LogP contribution < -0.4 is 10.1 Å². The normalized spacial score (nSPS) is 14.5. The molecule has 1 fully saturated rings. The van der Waals surface area contributed by atoms with E-state index in [1.54, 1.807) is 36.5 Å². The third-order valence-corrected chi connectivity index (χ3v) is 4.22. The monoisotopic (exact) mass is 327 g/mol. The van der Waals surface area contributed by atoms with Crippen LogP contribution >= 0.6 is 0 Å². The molecule has 1 aromatic carbocycles. The van der Waals surface area contributed by atoms with Gasteiger partial charge in [0.25, 0.3) is 5.91 Å². The fourth-order valence-electron chi connectivity index (χ4n) is 2.99. The molecule has 0 unspecified atom stereocenters. The van der Waals surface area contributed by atoms with Crippen LogP contribution in [0.25, 0.3) is 0 Å². The maximum absolute atomic E-state index is 12.1. The molecule has 0 saturated heterocycles. The van der Waals surface area contributed by atoms with Gasteiger partial charge in [-0.05, 0) is 31.9 Å². The number of carbonyl (C=O) groups is 2. The van der Waals surface area contributed by atoms with Crippen molar-refractivity contribution < 1.29 is 14.3 Å². The van der Waals surface area contributed by atoms with Crippen molar-refractivity contribution in [3.05, 3.63) is 42.1 Å². The average Bonchev–Trinajstić information content (AvgIpc) is 3.24. The van der Waals surface area contributed by atoms with Gasteiger partial charge in [0.2, 0.25) is 0 Å². The van der Waals surface area contributed by atoms with Crippen LogP contribution in [0.5, 0.6) is 5.75 Å². The van der Waals surface area contributed by atoms with Crippen molar-refractivity contribution in [2.24, 2.45) is 0 Å². The highest BCUT2D eigenvalue weighted by molar-refractivity contribution is 5.94. The Hall–Kier alpha value is -2.63. The molecule has 0 radical (unpaired) electrons. The van der Waals surface area contributed by atoms with E-state index in [0.29, 0.717) is 23.2 Å². The van der Waals surface area contributed by atoms with Gasteiger partial charge in [-0.2, -0.15) is 5.10 Å². The second-order valence-electron chi connectivity index (χ2n) is 6.02. The first-order chi connectivity index (χ1) is 11.6. The van der Waals surface area contributed by atoms with Gasteiger partial charge < -0.3 is 10.1 Å². The van der Waals surface area contributed by atoms with Crippen LogP contribution in [0.1, 0.15) is 49.0 Å². The Morgan fingerprint density at radius 2 is 2.08 bits per heavy atom. The lowest BCUT2D eigenvalue weighted by Crippen LogP contribution is -2.23. The Morgan fingerprint density at radius 3 is 2.83 bits per heavy atom. The minimum absolute atomic E-state index is 0.0367. The SMILES string of the molecule is CC(=O)c1cccc(OCC(=O)Nc2ccnn2C2CCCC2)c1. The van der Waals surface area contributed by atoms with Crippen LogP contribution in [0.2, 0.25) is 0 Å². The summed E-state index contributed by atoms with van der Waals surface area (Å²) in [5.74, 6) is 0.920. The van der Waals surface area contributed by atoms with Crippen molar-refractivity contribution >= 4 is 17.5 Å². The van der Waals surface area contributed by atoms with E-state index in [9.17, 15) is 9.59 Å². The van der Waals surface area contributed by atoms with Crippen molar-refractivity contribution in [1.82, 2.24) is 9.78 Å². The van der Waals surface area contributed by atoms with Gasteiger partial charge in [-0.1, -0.05) is 25.0 Å². The van der Waals surface area contributed by atoms with Crippen molar-refractivity contribution in [2.45, 2.75) is 38.6 Å². The number of carbonyl (C=O) groups excluding carboxylic acids is 2. The Labute approximate surface area is 140 Å². The van der Waals surface area contributed by atoms with Gasteiger partial charge in [0, 0.05) is 11.6 Å². The van der Waals surface area contributed by atoms with Gasteiger partial charge in [0.1, 0.15) is 11.6 Å². The molecule has 1 aliphatic rings. The summed E-state index contributed by atoms with van der Waals surface area (Å²) < 4.78 is 7.37. The lowest BCUT2D eigenvalue weighted by atomic mass is 10.1. The van der Waals surface area contributed by atoms with E-state index in [1.807, 2.05) is 4.68 Å². The number of amides is 1. The van der Waals surface area contributed by atoms with Gasteiger partial charge in [0.15, 0.2) is 12.4 Å². The van der Waals surface area contributed by atoms with Gasteiger partial charge in [0.05, 0.1) is 12.2 Å². The zero-order valence-electron chi connectivity index (χ0n) is 13.7. The van der Waals surface area contributed by atoms with Crippen molar-refractivity contribution in [3.8, 4) is 5.75 Å².